The first-order valence-electron chi connectivity index (χ1n) is 11.5. The third kappa shape index (κ3) is 5.21. The van der Waals surface area contributed by atoms with Gasteiger partial charge in [-0.2, -0.15) is 5.10 Å². The number of aliphatic carboxylic acids is 1. The van der Waals surface area contributed by atoms with E-state index >= 15 is 0 Å². The first-order chi connectivity index (χ1) is 17.9. The lowest BCUT2D eigenvalue weighted by atomic mass is 9.95. The highest BCUT2D eigenvalue weighted by Crippen LogP contribution is 2.30. The van der Waals surface area contributed by atoms with Crippen molar-refractivity contribution < 1.29 is 9.90 Å². The Labute approximate surface area is 217 Å². The average molecular weight is 518 g/mol. The molecule has 0 saturated heterocycles. The number of hydrogen-bond acceptors (Lipinski definition) is 8. The van der Waals surface area contributed by atoms with Crippen LogP contribution in [0.3, 0.4) is 0 Å². The van der Waals surface area contributed by atoms with Gasteiger partial charge in [0.2, 0.25) is 5.95 Å². The molecule has 1 aromatic carbocycles. The number of benzene rings is 1. The van der Waals surface area contributed by atoms with Crippen molar-refractivity contribution in [2.45, 2.75) is 18.8 Å². The van der Waals surface area contributed by atoms with Crippen LogP contribution in [0.2, 0.25) is 5.02 Å². The Morgan fingerprint density at radius 3 is 2.59 bits per heavy atom. The molecule has 4 aromatic heterocycles. The van der Waals surface area contributed by atoms with Crippen molar-refractivity contribution in [1.82, 2.24) is 34.3 Å². The van der Waals surface area contributed by atoms with Crippen molar-refractivity contribution >= 4 is 40.8 Å². The largest absolute Gasteiger partial charge is 0.481 e. The number of rotatable bonds is 9. The minimum atomic E-state index is -0.909. The Morgan fingerprint density at radius 1 is 1.08 bits per heavy atom. The summed E-state index contributed by atoms with van der Waals surface area (Å²) in [5.74, 6) is 1.14. The zero-order valence-electron chi connectivity index (χ0n) is 20.1. The lowest BCUT2D eigenvalue weighted by molar-refractivity contribution is -0.137. The molecule has 0 bridgehead atoms. The molecular formula is C25H24ClN9O2. The Bertz CT molecular complexity index is 1560. The number of aromatic nitrogens is 7. The van der Waals surface area contributed by atoms with E-state index in [9.17, 15) is 9.90 Å². The summed E-state index contributed by atoms with van der Waals surface area (Å²) in [7, 11) is 3.62. The Kier molecular flexibility index (Phi) is 6.69. The van der Waals surface area contributed by atoms with Gasteiger partial charge in [0, 0.05) is 42.9 Å². The van der Waals surface area contributed by atoms with Gasteiger partial charge < -0.3 is 15.7 Å². The molecule has 1 atom stereocenters. The van der Waals surface area contributed by atoms with Gasteiger partial charge in [-0.3, -0.25) is 13.9 Å². The van der Waals surface area contributed by atoms with Crippen molar-refractivity contribution in [3.63, 3.8) is 0 Å². The van der Waals surface area contributed by atoms with E-state index in [4.69, 9.17) is 11.6 Å². The van der Waals surface area contributed by atoms with Crippen LogP contribution >= 0.6 is 11.6 Å². The van der Waals surface area contributed by atoms with Gasteiger partial charge in [-0.05, 0) is 42.3 Å². The zero-order chi connectivity index (χ0) is 25.9. The zero-order valence-corrected chi connectivity index (χ0v) is 20.9. The van der Waals surface area contributed by atoms with Gasteiger partial charge in [-0.1, -0.05) is 23.7 Å². The molecule has 0 aliphatic rings. The fraction of sp³-hybridized carbons (Fsp3) is 0.200. The number of nitrogens with zero attached hydrogens (tertiary/aromatic N) is 7. The fourth-order valence-electron chi connectivity index (χ4n) is 4.20. The minimum absolute atomic E-state index is 0.0940. The van der Waals surface area contributed by atoms with Gasteiger partial charge in [0.1, 0.15) is 17.5 Å². The Balaban J connectivity index is 1.52. The molecule has 5 aromatic rings. The summed E-state index contributed by atoms with van der Waals surface area (Å²) in [5.41, 5.74) is 3.03. The second-order valence-electron chi connectivity index (χ2n) is 8.49. The van der Waals surface area contributed by atoms with E-state index in [1.54, 1.807) is 36.3 Å². The summed E-state index contributed by atoms with van der Waals surface area (Å²) in [4.78, 5) is 20.7. The van der Waals surface area contributed by atoms with E-state index in [0.717, 1.165) is 16.9 Å². The summed E-state index contributed by atoms with van der Waals surface area (Å²) >= 11 is 6.02. The quantitative estimate of drug-likeness (QED) is 0.263. The summed E-state index contributed by atoms with van der Waals surface area (Å²) < 4.78 is 3.54. The number of carboxylic acid groups (broad SMARTS) is 1. The average Bonchev–Trinajstić information content (AvgIpc) is 3.50. The van der Waals surface area contributed by atoms with Gasteiger partial charge in [-0.25, -0.2) is 9.97 Å². The SMILES string of the molecule is CNc1cc(-c2ccnc(Nc3ccnn3C)n2)cc2nnc(C(CC(=O)O)Cc3ccc(Cl)cc3)n12. The van der Waals surface area contributed by atoms with Crippen molar-refractivity contribution in [3.8, 4) is 11.3 Å². The van der Waals surface area contributed by atoms with E-state index in [0.29, 0.717) is 40.4 Å². The summed E-state index contributed by atoms with van der Waals surface area (Å²) in [6.07, 6.45) is 3.74. The third-order valence-corrected chi connectivity index (χ3v) is 6.23. The lowest BCUT2D eigenvalue weighted by Gasteiger charge is -2.16. The van der Waals surface area contributed by atoms with Gasteiger partial charge in [-0.15, -0.1) is 10.2 Å². The van der Waals surface area contributed by atoms with Gasteiger partial charge in [0.05, 0.1) is 18.3 Å². The molecule has 188 valence electrons. The van der Waals surface area contributed by atoms with E-state index in [1.165, 1.54) is 0 Å². The van der Waals surface area contributed by atoms with Crippen molar-refractivity contribution in [3.05, 3.63) is 77.3 Å². The highest BCUT2D eigenvalue weighted by Gasteiger charge is 2.24. The van der Waals surface area contributed by atoms with Crippen LogP contribution in [0.1, 0.15) is 23.7 Å². The molecule has 0 aliphatic carbocycles. The number of anilines is 3. The maximum Gasteiger partial charge on any atom is 0.304 e. The summed E-state index contributed by atoms with van der Waals surface area (Å²) in [6, 6.07) is 14.8. The van der Waals surface area contributed by atoms with Crippen molar-refractivity contribution in [2.24, 2.45) is 7.05 Å². The standard InChI is InChI=1S/C25H24ClN9O2/c1-27-21-12-16(19-7-9-28-25(30-19)31-20-8-10-29-34(20)2)13-22-32-33-24(35(21)22)17(14-23(36)37)11-15-3-5-18(26)6-4-15/h3-10,12-13,17,27H,11,14H2,1-2H3,(H,36,37)(H,28,30,31). The third-order valence-electron chi connectivity index (χ3n) is 5.98. The molecule has 0 spiro atoms. The predicted molar refractivity (Wildman–Crippen MR) is 140 cm³/mol. The molecule has 3 N–H and O–H groups in total. The highest BCUT2D eigenvalue weighted by atomic mass is 35.5. The molecule has 11 nitrogen and oxygen atoms in total. The van der Waals surface area contributed by atoms with Crippen LogP contribution in [0.15, 0.2) is 60.9 Å². The number of carbonyl (C=O) groups is 1. The maximum atomic E-state index is 11.7. The molecule has 12 heteroatoms. The predicted octanol–water partition coefficient (Wildman–Crippen LogP) is 4.16. The minimum Gasteiger partial charge on any atom is -0.481 e. The lowest BCUT2D eigenvalue weighted by Crippen LogP contribution is -2.14. The van der Waals surface area contributed by atoms with E-state index in [-0.39, 0.29) is 6.42 Å². The van der Waals surface area contributed by atoms with Crippen molar-refractivity contribution in [2.75, 3.05) is 17.7 Å². The van der Waals surface area contributed by atoms with Crippen LogP contribution in [0.5, 0.6) is 0 Å². The van der Waals surface area contributed by atoms with Crippen LogP contribution in [0.25, 0.3) is 16.9 Å². The van der Waals surface area contributed by atoms with Crippen LogP contribution < -0.4 is 10.6 Å². The molecule has 0 fully saturated rings. The molecule has 37 heavy (non-hydrogen) atoms. The molecule has 1 unspecified atom stereocenters. The normalized spacial score (nSPS) is 12.0. The van der Waals surface area contributed by atoms with Crippen LogP contribution in [-0.4, -0.2) is 52.5 Å². The van der Waals surface area contributed by atoms with Crippen LogP contribution in [-0.2, 0) is 18.3 Å². The Hall–Kier alpha value is -4.51. The summed E-state index contributed by atoms with van der Waals surface area (Å²) in [6.45, 7) is 0. The number of halogens is 1. The van der Waals surface area contributed by atoms with E-state index in [2.05, 4.69) is 35.9 Å². The number of aryl methyl sites for hydroxylation is 1. The van der Waals surface area contributed by atoms with E-state index in [1.807, 2.05) is 47.8 Å². The number of pyridine rings is 1. The number of fused-ring (bicyclic) bond motifs is 1. The monoisotopic (exact) mass is 517 g/mol. The van der Waals surface area contributed by atoms with Crippen LogP contribution in [0, 0.1) is 0 Å². The second kappa shape index (κ2) is 10.2. The fourth-order valence-corrected chi connectivity index (χ4v) is 4.33. The van der Waals surface area contributed by atoms with Crippen LogP contribution in [0.4, 0.5) is 17.6 Å². The number of carboxylic acids is 1. The molecule has 0 amide bonds. The molecule has 0 aliphatic heterocycles. The van der Waals surface area contributed by atoms with Crippen molar-refractivity contribution in [1.29, 1.82) is 0 Å². The molecule has 0 radical (unpaired) electrons. The topological polar surface area (TPSA) is 135 Å². The molecule has 0 saturated carbocycles. The number of nitrogens with one attached hydrogen (secondary N) is 2. The highest BCUT2D eigenvalue weighted by molar-refractivity contribution is 6.30. The van der Waals surface area contributed by atoms with E-state index < -0.39 is 11.9 Å². The Morgan fingerprint density at radius 2 is 1.89 bits per heavy atom. The first-order valence-corrected chi connectivity index (χ1v) is 11.9. The first kappa shape index (κ1) is 24.2. The van der Waals surface area contributed by atoms with Gasteiger partial charge in [0.15, 0.2) is 5.65 Å². The molecule has 5 rings (SSSR count). The van der Waals surface area contributed by atoms with Gasteiger partial charge in [0.25, 0.3) is 0 Å². The maximum absolute atomic E-state index is 11.7. The smallest absolute Gasteiger partial charge is 0.304 e. The molecule has 4 heterocycles. The second-order valence-corrected chi connectivity index (χ2v) is 8.92. The van der Waals surface area contributed by atoms with Gasteiger partial charge >= 0.3 is 5.97 Å². The summed E-state index contributed by atoms with van der Waals surface area (Å²) in [5, 5.41) is 29.5. The number of hydrogen-bond donors (Lipinski definition) is 3. The molecular weight excluding hydrogens is 494 g/mol.